The van der Waals surface area contributed by atoms with Crippen LogP contribution in [0.4, 0.5) is 24.9 Å². The van der Waals surface area contributed by atoms with Crippen LogP contribution in [0, 0.1) is 0 Å². The lowest BCUT2D eigenvalue weighted by Gasteiger charge is -2.32. The zero-order chi connectivity index (χ0) is 31.9. The first kappa shape index (κ1) is 32.2. The number of carbonyl (C=O) groups is 1. The monoisotopic (exact) mass is 663 g/mol. The predicted octanol–water partition coefficient (Wildman–Crippen LogP) is 3.53. The number of nitrogens with one attached hydrogen (secondary N) is 2. The molecular formula is C25H30ClF3N7O7P. The Labute approximate surface area is 254 Å². The molecule has 0 bridgehead atoms. The third kappa shape index (κ3) is 6.43. The summed E-state index contributed by atoms with van der Waals surface area (Å²) in [6.45, 7) is 2.03. The summed E-state index contributed by atoms with van der Waals surface area (Å²) in [6, 6.07) is 6.60. The van der Waals surface area contributed by atoms with Gasteiger partial charge in [0.15, 0.2) is 23.2 Å². The van der Waals surface area contributed by atoms with Gasteiger partial charge in [0.1, 0.15) is 24.0 Å². The zero-order valence-electron chi connectivity index (χ0n) is 23.4. The Balaban J connectivity index is 1.44. The molecule has 3 aromatic rings. The van der Waals surface area contributed by atoms with Crippen LogP contribution >= 0.6 is 19.3 Å². The molecule has 3 heterocycles. The third-order valence-electron chi connectivity index (χ3n) is 6.86. The van der Waals surface area contributed by atoms with Gasteiger partial charge in [-0.3, -0.25) is 13.9 Å². The fourth-order valence-electron chi connectivity index (χ4n) is 4.53. The van der Waals surface area contributed by atoms with E-state index < -0.39 is 55.9 Å². The van der Waals surface area contributed by atoms with E-state index in [2.05, 4.69) is 25.4 Å². The second-order valence-electron chi connectivity index (χ2n) is 10.2. The average Bonchev–Trinajstić information content (AvgIpc) is 3.61. The van der Waals surface area contributed by atoms with Crippen LogP contribution in [0.15, 0.2) is 36.7 Å². The first-order valence-corrected chi connectivity index (χ1v) is 15.5. The molecule has 1 saturated carbocycles. The van der Waals surface area contributed by atoms with Crippen molar-refractivity contribution in [2.75, 3.05) is 24.3 Å². The molecule has 0 radical (unpaired) electrons. The molecule has 2 fully saturated rings. The van der Waals surface area contributed by atoms with E-state index >= 15 is 0 Å². The van der Waals surface area contributed by atoms with Gasteiger partial charge in [0.2, 0.25) is 10.8 Å². The van der Waals surface area contributed by atoms with Gasteiger partial charge in [-0.05, 0) is 38.8 Å². The summed E-state index contributed by atoms with van der Waals surface area (Å²) in [5, 5.41) is 16.5. The van der Waals surface area contributed by atoms with Crippen LogP contribution in [-0.2, 0) is 23.4 Å². The summed E-state index contributed by atoms with van der Waals surface area (Å²) in [4.78, 5) is 21.1. The number of carbonyl (C=O) groups excluding carboxylic acids is 1. The van der Waals surface area contributed by atoms with Gasteiger partial charge in [0, 0.05) is 6.04 Å². The standard InChI is InChI=1S/C25H30ClF3N7O7P/c1-3-40-21(38)13(2)35-44(39,43-15-7-5-4-6-8-15)41-11-16-18(37)24(26,25(27,28)29)22(42-16)36-12-31-17-19(32-14-9-10-14)33-23(30)34-20(17)36/h4-8,12-14,16,18,22,37H,3,9-11H2,1-2H3,(H,35,39)(H3,30,32,33,34)/t13-,16+,18+,22+,24+,44-/m0/s1. The lowest BCUT2D eigenvalue weighted by atomic mass is 9.98. The van der Waals surface area contributed by atoms with Gasteiger partial charge in [-0.25, -0.2) is 9.55 Å². The fraction of sp³-hybridized carbons (Fsp3) is 0.520. The highest BCUT2D eigenvalue weighted by Crippen LogP contribution is 2.55. The number of nitrogen functional groups attached to an aromatic ring is 1. The second kappa shape index (κ2) is 12.3. The number of esters is 1. The number of halogens is 4. The molecule has 44 heavy (non-hydrogen) atoms. The van der Waals surface area contributed by atoms with Gasteiger partial charge in [0.05, 0.1) is 19.5 Å². The quantitative estimate of drug-likeness (QED) is 0.125. The average molecular weight is 664 g/mol. The number of nitrogens with zero attached hydrogens (tertiary/aromatic N) is 4. The number of aromatic nitrogens is 4. The summed E-state index contributed by atoms with van der Waals surface area (Å²) < 4.78 is 80.0. The van der Waals surface area contributed by atoms with Crippen molar-refractivity contribution in [1.29, 1.82) is 0 Å². The van der Waals surface area contributed by atoms with Crippen molar-refractivity contribution in [3.8, 4) is 5.75 Å². The Morgan fingerprint density at radius 1 is 1.32 bits per heavy atom. The molecule has 5 N–H and O–H groups in total. The van der Waals surface area contributed by atoms with Gasteiger partial charge in [-0.2, -0.15) is 28.2 Å². The number of aliphatic hydroxyl groups is 1. The van der Waals surface area contributed by atoms with Crippen molar-refractivity contribution in [2.45, 2.75) is 68.3 Å². The number of fused-ring (bicyclic) bond motifs is 1. The van der Waals surface area contributed by atoms with Crippen molar-refractivity contribution < 1.29 is 46.2 Å². The maximum absolute atomic E-state index is 14.6. The normalized spacial score (nSPS) is 25.8. The number of benzene rings is 1. The first-order valence-electron chi connectivity index (χ1n) is 13.5. The number of hydrogen-bond acceptors (Lipinski definition) is 12. The van der Waals surface area contributed by atoms with Crippen molar-refractivity contribution in [3.63, 3.8) is 0 Å². The minimum Gasteiger partial charge on any atom is -0.465 e. The van der Waals surface area contributed by atoms with E-state index in [1.807, 2.05) is 0 Å². The van der Waals surface area contributed by atoms with E-state index in [4.69, 9.17) is 35.9 Å². The number of hydrogen-bond donors (Lipinski definition) is 4. The topological polar surface area (TPSA) is 185 Å². The van der Waals surface area contributed by atoms with Crippen molar-refractivity contribution in [3.05, 3.63) is 36.7 Å². The molecule has 5 rings (SSSR count). The van der Waals surface area contributed by atoms with Crippen LogP contribution in [-0.4, -0.2) is 79.2 Å². The van der Waals surface area contributed by atoms with Crippen molar-refractivity contribution in [2.24, 2.45) is 0 Å². The molecule has 19 heteroatoms. The molecule has 6 atom stereocenters. The van der Waals surface area contributed by atoms with Gasteiger partial charge in [-0.1, -0.05) is 18.2 Å². The molecule has 0 spiro atoms. The maximum Gasteiger partial charge on any atom is 0.459 e. The Bertz CT molecular complexity index is 1550. The molecule has 240 valence electrons. The van der Waals surface area contributed by atoms with Crippen LogP contribution in [0.25, 0.3) is 11.2 Å². The van der Waals surface area contributed by atoms with Crippen molar-refractivity contribution >= 4 is 48.2 Å². The lowest BCUT2D eigenvalue weighted by Crippen LogP contribution is -2.53. The van der Waals surface area contributed by atoms with Crippen LogP contribution < -0.4 is 20.7 Å². The van der Waals surface area contributed by atoms with Crippen LogP contribution in [0.1, 0.15) is 32.9 Å². The molecular weight excluding hydrogens is 634 g/mol. The fourth-order valence-corrected chi connectivity index (χ4v) is 6.33. The molecule has 14 nitrogen and oxygen atoms in total. The molecule has 1 aliphatic heterocycles. The summed E-state index contributed by atoms with van der Waals surface area (Å²) >= 11 is 6.19. The highest BCUT2D eigenvalue weighted by atomic mass is 35.5. The number of rotatable bonds is 12. The molecule has 2 aromatic heterocycles. The highest BCUT2D eigenvalue weighted by Gasteiger charge is 2.71. The zero-order valence-corrected chi connectivity index (χ0v) is 25.1. The lowest BCUT2D eigenvalue weighted by molar-refractivity contribution is -0.195. The number of imidazole rings is 1. The smallest absolute Gasteiger partial charge is 0.459 e. The van der Waals surface area contributed by atoms with Crippen LogP contribution in [0.2, 0.25) is 0 Å². The Hall–Kier alpha value is -3.21. The molecule has 2 aliphatic rings. The minimum atomic E-state index is -5.24. The number of aliphatic hydroxyl groups excluding tert-OH is 1. The largest absolute Gasteiger partial charge is 0.465 e. The Morgan fingerprint density at radius 2 is 2.02 bits per heavy atom. The molecule has 0 amide bonds. The van der Waals surface area contributed by atoms with Gasteiger partial charge < -0.3 is 30.2 Å². The first-order chi connectivity index (χ1) is 20.8. The number of para-hydroxylation sites is 1. The summed E-state index contributed by atoms with van der Waals surface area (Å²) in [7, 11) is -4.51. The summed E-state index contributed by atoms with van der Waals surface area (Å²) in [6.07, 6.45) is -8.84. The van der Waals surface area contributed by atoms with E-state index in [-0.39, 0.29) is 41.3 Å². The van der Waals surface area contributed by atoms with Crippen LogP contribution in [0.5, 0.6) is 5.75 Å². The Morgan fingerprint density at radius 3 is 2.66 bits per heavy atom. The van der Waals surface area contributed by atoms with Crippen molar-refractivity contribution in [1.82, 2.24) is 24.6 Å². The highest BCUT2D eigenvalue weighted by molar-refractivity contribution is 7.52. The molecule has 0 unspecified atom stereocenters. The number of anilines is 2. The van der Waals surface area contributed by atoms with E-state index in [1.54, 1.807) is 25.1 Å². The number of ether oxygens (including phenoxy) is 2. The van der Waals surface area contributed by atoms with E-state index in [1.165, 1.54) is 19.1 Å². The third-order valence-corrected chi connectivity index (χ3v) is 9.13. The summed E-state index contributed by atoms with van der Waals surface area (Å²) in [5.41, 5.74) is 5.83. The number of nitrogens with two attached hydrogens (primary N) is 1. The minimum absolute atomic E-state index is 0.0337. The van der Waals surface area contributed by atoms with Gasteiger partial charge in [0.25, 0.3) is 0 Å². The number of alkyl halides is 4. The van der Waals surface area contributed by atoms with E-state index in [0.29, 0.717) is 0 Å². The second-order valence-corrected chi connectivity index (χ2v) is 12.5. The molecule has 1 aromatic carbocycles. The summed E-state index contributed by atoms with van der Waals surface area (Å²) in [5.74, 6) is -0.746. The molecule has 1 saturated heterocycles. The van der Waals surface area contributed by atoms with E-state index in [0.717, 1.165) is 23.7 Å². The van der Waals surface area contributed by atoms with Crippen LogP contribution in [0.3, 0.4) is 0 Å². The van der Waals surface area contributed by atoms with E-state index in [9.17, 15) is 27.6 Å². The molecule has 1 aliphatic carbocycles. The maximum atomic E-state index is 14.6. The SMILES string of the molecule is CCOC(=O)[C@H](C)N[P@](=O)(OC[C@H]1O[C@@H](n2cnc3c(NC4CC4)nc(N)nc32)[C@@](Cl)(C(F)(F)F)[C@@H]1O)Oc1ccccc1. The van der Waals surface area contributed by atoms with Gasteiger partial charge in [-0.15, -0.1) is 11.6 Å². The predicted molar refractivity (Wildman–Crippen MR) is 151 cm³/mol. The Kier molecular flexibility index (Phi) is 8.99. The van der Waals surface area contributed by atoms with Gasteiger partial charge >= 0.3 is 19.9 Å².